The van der Waals surface area contributed by atoms with Crippen molar-refractivity contribution in [3.63, 3.8) is 0 Å². The average Bonchev–Trinajstić information content (AvgIpc) is 3.32. The first kappa shape index (κ1) is 21.6. The molecule has 0 spiro atoms. The zero-order valence-corrected chi connectivity index (χ0v) is 16.1. The molecule has 4 rings (SSSR count). The van der Waals surface area contributed by atoms with E-state index in [0.717, 1.165) is 51.0 Å². The van der Waals surface area contributed by atoms with Gasteiger partial charge in [-0.1, -0.05) is 0 Å². The van der Waals surface area contributed by atoms with Crippen molar-refractivity contribution in [2.24, 2.45) is 24.8 Å². The zero-order chi connectivity index (χ0) is 21.2. The maximum absolute atomic E-state index is 12.7. The molecule has 0 saturated carbocycles. The number of hydrogen-bond donors (Lipinski definition) is 1. The molecule has 0 aromatic carbocycles. The summed E-state index contributed by atoms with van der Waals surface area (Å²) in [4.78, 5) is 26.0. The van der Waals surface area contributed by atoms with Gasteiger partial charge in [-0.05, 0) is 18.8 Å². The number of hydrogen-bond acceptors (Lipinski definition) is 5. The van der Waals surface area contributed by atoms with Gasteiger partial charge in [0.15, 0.2) is 0 Å². The van der Waals surface area contributed by atoms with Crippen LogP contribution in [0.3, 0.4) is 0 Å². The maximum Gasteiger partial charge on any atom is 0.490 e. The second kappa shape index (κ2) is 8.70. The molecule has 0 unspecified atom stereocenters. The molecular weight excluding hydrogens is 393 g/mol. The molecule has 8 nitrogen and oxygen atoms in total. The van der Waals surface area contributed by atoms with E-state index in [1.807, 2.05) is 18.1 Å². The Morgan fingerprint density at radius 2 is 1.93 bits per heavy atom. The first-order chi connectivity index (χ1) is 13.6. The minimum absolute atomic E-state index is 0.181. The van der Waals surface area contributed by atoms with E-state index in [2.05, 4.69) is 10.00 Å². The highest BCUT2D eigenvalue weighted by molar-refractivity contribution is 5.97. The SMILES string of the molecule is Cn1cc(N2C[C@@H]3CN(CC4CCOCC4)C[C@@H]3C2=O)cn1.O=C(O)C(F)(F)F. The molecule has 1 aromatic rings. The first-order valence-electron chi connectivity index (χ1n) is 9.55. The van der Waals surface area contributed by atoms with Crippen molar-refractivity contribution in [1.82, 2.24) is 14.7 Å². The third-order valence-corrected chi connectivity index (χ3v) is 5.62. The Morgan fingerprint density at radius 3 is 2.45 bits per heavy atom. The number of carboxylic acid groups (broad SMARTS) is 1. The molecule has 1 N–H and O–H groups in total. The molecule has 0 radical (unpaired) electrons. The molecule has 1 aromatic heterocycles. The fourth-order valence-corrected chi connectivity index (χ4v) is 4.17. The van der Waals surface area contributed by atoms with Gasteiger partial charge in [0.05, 0.1) is 17.8 Å². The molecule has 29 heavy (non-hydrogen) atoms. The Bertz CT molecular complexity index is 733. The highest BCUT2D eigenvalue weighted by Crippen LogP contribution is 2.35. The van der Waals surface area contributed by atoms with Gasteiger partial charge in [0.2, 0.25) is 5.91 Å². The molecule has 0 aliphatic carbocycles. The van der Waals surface area contributed by atoms with Crippen LogP contribution in [0.2, 0.25) is 0 Å². The average molecular weight is 418 g/mol. The number of amides is 1. The van der Waals surface area contributed by atoms with Crippen LogP contribution in [-0.4, -0.2) is 77.2 Å². The number of halogens is 3. The van der Waals surface area contributed by atoms with Crippen LogP contribution in [0.5, 0.6) is 0 Å². The van der Waals surface area contributed by atoms with Gasteiger partial charge in [-0.25, -0.2) is 4.79 Å². The molecule has 3 aliphatic heterocycles. The smallest absolute Gasteiger partial charge is 0.475 e. The Labute approximate surface area is 166 Å². The number of carbonyl (C=O) groups is 2. The number of ether oxygens (including phenoxy) is 1. The number of nitrogens with zero attached hydrogens (tertiary/aromatic N) is 4. The number of aryl methyl sites for hydroxylation is 1. The van der Waals surface area contributed by atoms with E-state index in [1.54, 1.807) is 10.9 Å². The van der Waals surface area contributed by atoms with Crippen molar-refractivity contribution in [2.45, 2.75) is 19.0 Å². The van der Waals surface area contributed by atoms with Gasteiger partial charge in [-0.3, -0.25) is 9.48 Å². The fourth-order valence-electron chi connectivity index (χ4n) is 4.17. The molecule has 3 fully saturated rings. The molecule has 1 amide bonds. The number of aromatic nitrogens is 2. The van der Waals surface area contributed by atoms with Gasteiger partial charge in [0, 0.05) is 58.6 Å². The van der Waals surface area contributed by atoms with Crippen molar-refractivity contribution in [3.05, 3.63) is 12.4 Å². The Balaban J connectivity index is 0.000000298. The Kier molecular flexibility index (Phi) is 6.47. The predicted molar refractivity (Wildman–Crippen MR) is 96.2 cm³/mol. The summed E-state index contributed by atoms with van der Waals surface area (Å²) in [6, 6.07) is 0. The minimum atomic E-state index is -5.08. The Morgan fingerprint density at radius 1 is 1.28 bits per heavy atom. The minimum Gasteiger partial charge on any atom is -0.475 e. The summed E-state index contributed by atoms with van der Waals surface area (Å²) in [5.74, 6) is -1.07. The third kappa shape index (κ3) is 5.27. The van der Waals surface area contributed by atoms with E-state index in [4.69, 9.17) is 14.6 Å². The first-order valence-corrected chi connectivity index (χ1v) is 9.55. The predicted octanol–water partition coefficient (Wildman–Crippen LogP) is 1.37. The number of fused-ring (bicyclic) bond motifs is 1. The lowest BCUT2D eigenvalue weighted by molar-refractivity contribution is -0.192. The summed E-state index contributed by atoms with van der Waals surface area (Å²) < 4.78 is 38.9. The van der Waals surface area contributed by atoms with E-state index < -0.39 is 12.1 Å². The van der Waals surface area contributed by atoms with Crippen molar-refractivity contribution >= 4 is 17.6 Å². The number of rotatable bonds is 3. The van der Waals surface area contributed by atoms with Crippen LogP contribution >= 0.6 is 0 Å². The molecule has 3 saturated heterocycles. The number of carbonyl (C=O) groups excluding carboxylic acids is 1. The lowest BCUT2D eigenvalue weighted by Crippen LogP contribution is -2.35. The van der Waals surface area contributed by atoms with Crippen molar-refractivity contribution in [3.8, 4) is 0 Å². The van der Waals surface area contributed by atoms with E-state index >= 15 is 0 Å². The van der Waals surface area contributed by atoms with E-state index in [9.17, 15) is 18.0 Å². The number of anilines is 1. The summed E-state index contributed by atoms with van der Waals surface area (Å²) in [6.45, 7) is 5.77. The molecule has 3 aliphatic rings. The lowest BCUT2D eigenvalue weighted by atomic mass is 10.00. The molecule has 11 heteroatoms. The summed E-state index contributed by atoms with van der Waals surface area (Å²) in [7, 11) is 1.89. The van der Waals surface area contributed by atoms with Crippen LogP contribution in [0, 0.1) is 17.8 Å². The summed E-state index contributed by atoms with van der Waals surface area (Å²) in [5, 5.41) is 11.3. The van der Waals surface area contributed by atoms with Gasteiger partial charge < -0.3 is 19.6 Å². The number of aliphatic carboxylic acids is 1. The van der Waals surface area contributed by atoms with Crippen LogP contribution in [0.15, 0.2) is 12.4 Å². The highest BCUT2D eigenvalue weighted by Gasteiger charge is 2.47. The van der Waals surface area contributed by atoms with Gasteiger partial charge in [-0.2, -0.15) is 18.3 Å². The van der Waals surface area contributed by atoms with Crippen LogP contribution in [0.4, 0.5) is 18.9 Å². The summed E-state index contributed by atoms with van der Waals surface area (Å²) in [5.41, 5.74) is 0.942. The van der Waals surface area contributed by atoms with Crippen molar-refractivity contribution < 1.29 is 32.6 Å². The molecule has 162 valence electrons. The summed E-state index contributed by atoms with van der Waals surface area (Å²) in [6.07, 6.45) is 0.973. The second-order valence-electron chi connectivity index (χ2n) is 7.76. The fraction of sp³-hybridized carbons (Fsp3) is 0.722. The molecule has 4 heterocycles. The van der Waals surface area contributed by atoms with Crippen molar-refractivity contribution in [2.75, 3.05) is 44.3 Å². The van der Waals surface area contributed by atoms with Crippen LogP contribution < -0.4 is 4.90 Å². The number of likely N-dealkylation sites (tertiary alicyclic amines) is 1. The second-order valence-corrected chi connectivity index (χ2v) is 7.76. The third-order valence-electron chi connectivity index (χ3n) is 5.62. The molecule has 0 bridgehead atoms. The largest absolute Gasteiger partial charge is 0.490 e. The summed E-state index contributed by atoms with van der Waals surface area (Å²) >= 11 is 0. The normalized spacial score (nSPS) is 25.7. The van der Waals surface area contributed by atoms with Gasteiger partial charge in [-0.15, -0.1) is 0 Å². The van der Waals surface area contributed by atoms with E-state index in [1.165, 1.54) is 12.8 Å². The van der Waals surface area contributed by atoms with E-state index in [0.29, 0.717) is 5.92 Å². The van der Waals surface area contributed by atoms with E-state index in [-0.39, 0.29) is 11.8 Å². The number of carboxylic acids is 1. The van der Waals surface area contributed by atoms with Crippen LogP contribution in [-0.2, 0) is 21.4 Å². The monoisotopic (exact) mass is 418 g/mol. The van der Waals surface area contributed by atoms with Crippen LogP contribution in [0.25, 0.3) is 0 Å². The van der Waals surface area contributed by atoms with Gasteiger partial charge in [0.1, 0.15) is 0 Å². The zero-order valence-electron chi connectivity index (χ0n) is 16.1. The lowest BCUT2D eigenvalue weighted by Gasteiger charge is -2.28. The van der Waals surface area contributed by atoms with Crippen molar-refractivity contribution in [1.29, 1.82) is 0 Å². The Hall–Kier alpha value is -2.14. The van der Waals surface area contributed by atoms with Crippen LogP contribution in [0.1, 0.15) is 12.8 Å². The quantitative estimate of drug-likeness (QED) is 0.798. The topological polar surface area (TPSA) is 87.9 Å². The molecular formula is C18H25F3N4O4. The highest BCUT2D eigenvalue weighted by atomic mass is 19.4. The number of alkyl halides is 3. The molecule has 2 atom stereocenters. The standard InChI is InChI=1S/C16H24N4O2.C2HF3O2/c1-18-10-14(6-17-18)20-9-13-8-19(11-15(13)16(20)21)7-12-2-4-22-5-3-12;3-2(4,5)1(6)7/h6,10,12-13,15H,2-5,7-9,11H2,1H3;(H,6,7)/t13-,15-;/m0./s1. The maximum atomic E-state index is 12.7. The van der Waals surface area contributed by atoms with Gasteiger partial charge in [0.25, 0.3) is 0 Å². The van der Waals surface area contributed by atoms with Gasteiger partial charge >= 0.3 is 12.1 Å².